The highest BCUT2D eigenvalue weighted by Crippen LogP contribution is 2.14. The quantitative estimate of drug-likeness (QED) is 0.580. The van der Waals surface area contributed by atoms with Crippen molar-refractivity contribution in [3.63, 3.8) is 0 Å². The van der Waals surface area contributed by atoms with Gasteiger partial charge >= 0.3 is 5.97 Å². The average Bonchev–Trinajstić information content (AvgIpc) is 2.42. The van der Waals surface area contributed by atoms with Crippen LogP contribution >= 0.6 is 11.8 Å². The number of nitrogens with one attached hydrogen (secondary N) is 1. The SMILES string of the molecule is CCCNc1ccc(CSCCC(=O)OC)cn1. The molecule has 1 aromatic heterocycles. The molecule has 1 heterocycles. The van der Waals surface area contributed by atoms with Crippen LogP contribution < -0.4 is 5.32 Å². The molecule has 0 saturated carbocycles. The normalized spacial score (nSPS) is 10.1. The highest BCUT2D eigenvalue weighted by Gasteiger charge is 2.00. The van der Waals surface area contributed by atoms with E-state index >= 15 is 0 Å². The third-order valence-corrected chi connectivity index (χ3v) is 3.36. The molecule has 0 aliphatic rings. The van der Waals surface area contributed by atoms with Gasteiger partial charge in [-0.25, -0.2) is 4.98 Å². The van der Waals surface area contributed by atoms with Crippen LogP contribution in [-0.2, 0) is 15.3 Å². The fourth-order valence-electron chi connectivity index (χ4n) is 1.32. The topological polar surface area (TPSA) is 51.2 Å². The van der Waals surface area contributed by atoms with Gasteiger partial charge in [-0.3, -0.25) is 4.79 Å². The Kier molecular flexibility index (Phi) is 7.25. The zero-order valence-electron chi connectivity index (χ0n) is 10.9. The standard InChI is InChI=1S/C13H20N2O2S/c1-3-7-14-12-5-4-11(9-15-12)10-18-8-6-13(16)17-2/h4-5,9H,3,6-8,10H2,1-2H3,(H,14,15). The second-order valence-electron chi connectivity index (χ2n) is 3.86. The summed E-state index contributed by atoms with van der Waals surface area (Å²) in [4.78, 5) is 15.2. The number of aromatic nitrogens is 1. The van der Waals surface area contributed by atoms with Crippen LogP contribution in [0.4, 0.5) is 5.82 Å². The number of anilines is 1. The summed E-state index contributed by atoms with van der Waals surface area (Å²) < 4.78 is 4.58. The van der Waals surface area contributed by atoms with E-state index in [4.69, 9.17) is 0 Å². The fourth-order valence-corrected chi connectivity index (χ4v) is 2.18. The van der Waals surface area contributed by atoms with E-state index in [0.29, 0.717) is 6.42 Å². The van der Waals surface area contributed by atoms with E-state index in [1.807, 2.05) is 12.3 Å². The lowest BCUT2D eigenvalue weighted by Crippen LogP contribution is -2.02. The maximum Gasteiger partial charge on any atom is 0.306 e. The molecular formula is C13H20N2O2S. The van der Waals surface area contributed by atoms with Crippen LogP contribution in [0.2, 0.25) is 0 Å². The largest absolute Gasteiger partial charge is 0.469 e. The van der Waals surface area contributed by atoms with Crippen LogP contribution in [0.5, 0.6) is 0 Å². The molecular weight excluding hydrogens is 248 g/mol. The highest BCUT2D eigenvalue weighted by atomic mass is 32.2. The van der Waals surface area contributed by atoms with Crippen molar-refractivity contribution in [2.75, 3.05) is 24.7 Å². The summed E-state index contributed by atoms with van der Waals surface area (Å²) in [7, 11) is 1.42. The number of hydrogen-bond acceptors (Lipinski definition) is 5. The molecule has 0 radical (unpaired) electrons. The molecule has 0 amide bonds. The van der Waals surface area contributed by atoms with Gasteiger partial charge < -0.3 is 10.1 Å². The molecule has 4 nitrogen and oxygen atoms in total. The molecule has 1 N–H and O–H groups in total. The zero-order valence-corrected chi connectivity index (χ0v) is 11.8. The Bertz CT molecular complexity index is 355. The minimum absolute atomic E-state index is 0.153. The maximum atomic E-state index is 10.9. The summed E-state index contributed by atoms with van der Waals surface area (Å²) in [5, 5.41) is 3.23. The molecule has 1 rings (SSSR count). The summed E-state index contributed by atoms with van der Waals surface area (Å²) in [5.74, 6) is 2.42. The molecule has 18 heavy (non-hydrogen) atoms. The molecule has 0 aliphatic heterocycles. The molecule has 0 atom stereocenters. The predicted molar refractivity (Wildman–Crippen MR) is 75.8 cm³/mol. The average molecular weight is 268 g/mol. The number of ether oxygens (including phenoxy) is 1. The Morgan fingerprint density at radius 2 is 2.33 bits per heavy atom. The highest BCUT2D eigenvalue weighted by molar-refractivity contribution is 7.98. The Morgan fingerprint density at radius 1 is 1.50 bits per heavy atom. The van der Waals surface area contributed by atoms with E-state index in [9.17, 15) is 4.79 Å². The number of nitrogens with zero attached hydrogens (tertiary/aromatic N) is 1. The zero-order chi connectivity index (χ0) is 13.2. The number of rotatable bonds is 8. The van der Waals surface area contributed by atoms with Crippen LogP contribution in [0, 0.1) is 0 Å². The van der Waals surface area contributed by atoms with Crippen LogP contribution in [0.15, 0.2) is 18.3 Å². The van der Waals surface area contributed by atoms with Crippen molar-refractivity contribution in [1.82, 2.24) is 4.98 Å². The van der Waals surface area contributed by atoms with Crippen LogP contribution in [0.1, 0.15) is 25.3 Å². The third-order valence-electron chi connectivity index (χ3n) is 2.33. The van der Waals surface area contributed by atoms with E-state index < -0.39 is 0 Å². The van der Waals surface area contributed by atoms with Crippen LogP contribution in [0.25, 0.3) is 0 Å². The smallest absolute Gasteiger partial charge is 0.306 e. The minimum Gasteiger partial charge on any atom is -0.469 e. The number of methoxy groups -OCH3 is 1. The molecule has 0 bridgehead atoms. The van der Waals surface area contributed by atoms with Crippen molar-refractivity contribution in [3.05, 3.63) is 23.9 Å². The Hall–Kier alpha value is -1.23. The molecule has 0 fully saturated rings. The van der Waals surface area contributed by atoms with Gasteiger partial charge in [-0.05, 0) is 18.1 Å². The molecule has 0 aromatic carbocycles. The van der Waals surface area contributed by atoms with Gasteiger partial charge in [-0.1, -0.05) is 13.0 Å². The van der Waals surface area contributed by atoms with Crippen LogP contribution in [0.3, 0.4) is 0 Å². The van der Waals surface area contributed by atoms with E-state index in [2.05, 4.69) is 28.0 Å². The molecule has 1 aromatic rings. The predicted octanol–water partition coefficient (Wildman–Crippen LogP) is 2.70. The van der Waals surface area contributed by atoms with Gasteiger partial charge in [0.25, 0.3) is 0 Å². The molecule has 0 spiro atoms. The van der Waals surface area contributed by atoms with Crippen molar-refractivity contribution < 1.29 is 9.53 Å². The van der Waals surface area contributed by atoms with E-state index in [-0.39, 0.29) is 5.97 Å². The van der Waals surface area contributed by atoms with E-state index in [1.54, 1.807) is 11.8 Å². The maximum absolute atomic E-state index is 10.9. The van der Waals surface area contributed by atoms with Gasteiger partial charge in [0, 0.05) is 24.2 Å². The number of thioether (sulfide) groups is 1. The second-order valence-corrected chi connectivity index (χ2v) is 4.96. The van der Waals surface area contributed by atoms with Gasteiger partial charge in [-0.2, -0.15) is 11.8 Å². The van der Waals surface area contributed by atoms with Gasteiger partial charge in [-0.15, -0.1) is 0 Å². The lowest BCUT2D eigenvalue weighted by molar-refractivity contribution is -0.140. The van der Waals surface area contributed by atoms with Crippen molar-refractivity contribution in [2.24, 2.45) is 0 Å². The lowest BCUT2D eigenvalue weighted by Gasteiger charge is -2.05. The minimum atomic E-state index is -0.153. The van der Waals surface area contributed by atoms with Crippen molar-refractivity contribution in [2.45, 2.75) is 25.5 Å². The summed E-state index contributed by atoms with van der Waals surface area (Å²) in [6.45, 7) is 3.07. The number of carbonyl (C=O) groups excluding carboxylic acids is 1. The Balaban J connectivity index is 2.24. The third kappa shape index (κ3) is 5.91. The van der Waals surface area contributed by atoms with Crippen molar-refractivity contribution in [3.8, 4) is 0 Å². The van der Waals surface area contributed by atoms with Gasteiger partial charge in [0.2, 0.25) is 0 Å². The number of carbonyl (C=O) groups is 1. The number of esters is 1. The van der Waals surface area contributed by atoms with Gasteiger partial charge in [0.05, 0.1) is 13.5 Å². The monoisotopic (exact) mass is 268 g/mol. The molecule has 5 heteroatoms. The van der Waals surface area contributed by atoms with Crippen LogP contribution in [-0.4, -0.2) is 30.4 Å². The summed E-state index contributed by atoms with van der Waals surface area (Å²) in [6, 6.07) is 4.06. The number of pyridine rings is 1. The second kappa shape index (κ2) is 8.80. The molecule has 100 valence electrons. The van der Waals surface area contributed by atoms with Gasteiger partial charge in [0.15, 0.2) is 0 Å². The molecule has 0 aliphatic carbocycles. The first-order valence-corrected chi connectivity index (χ1v) is 7.25. The first-order valence-electron chi connectivity index (χ1n) is 6.09. The van der Waals surface area contributed by atoms with E-state index in [0.717, 1.165) is 30.3 Å². The first kappa shape index (κ1) is 14.8. The summed E-state index contributed by atoms with van der Waals surface area (Å²) in [6.07, 6.45) is 3.43. The lowest BCUT2D eigenvalue weighted by atomic mass is 10.3. The fraction of sp³-hybridized carbons (Fsp3) is 0.538. The molecule has 0 unspecified atom stereocenters. The Morgan fingerprint density at radius 3 is 2.94 bits per heavy atom. The van der Waals surface area contributed by atoms with E-state index in [1.165, 1.54) is 12.7 Å². The van der Waals surface area contributed by atoms with Gasteiger partial charge in [0.1, 0.15) is 5.82 Å². The molecule has 0 saturated heterocycles. The van der Waals surface area contributed by atoms with Crippen molar-refractivity contribution >= 4 is 23.5 Å². The first-order chi connectivity index (χ1) is 8.76. The Labute approximate surface area is 113 Å². The summed E-state index contributed by atoms with van der Waals surface area (Å²) in [5.41, 5.74) is 1.17. The number of hydrogen-bond donors (Lipinski definition) is 1. The van der Waals surface area contributed by atoms with Crippen molar-refractivity contribution in [1.29, 1.82) is 0 Å². The summed E-state index contributed by atoms with van der Waals surface area (Å²) >= 11 is 1.71.